The van der Waals surface area contributed by atoms with Crippen LogP contribution in [-0.2, 0) is 14.3 Å². The zero-order valence-electron chi connectivity index (χ0n) is 22.1. The van der Waals surface area contributed by atoms with Crippen molar-refractivity contribution < 1.29 is 14.3 Å². The van der Waals surface area contributed by atoms with Crippen LogP contribution in [0.2, 0.25) is 0 Å². The highest BCUT2D eigenvalue weighted by Crippen LogP contribution is 2.58. The lowest BCUT2D eigenvalue weighted by Gasteiger charge is -2.17. The van der Waals surface area contributed by atoms with Gasteiger partial charge in [-0.3, -0.25) is 4.79 Å². The van der Waals surface area contributed by atoms with Crippen LogP contribution >= 0.6 is 0 Å². The van der Waals surface area contributed by atoms with E-state index in [9.17, 15) is 4.79 Å². The average Bonchev–Trinajstić information content (AvgIpc) is 3.74. The van der Waals surface area contributed by atoms with Gasteiger partial charge in [0.15, 0.2) is 0 Å². The summed E-state index contributed by atoms with van der Waals surface area (Å²) < 4.78 is 10.8. The lowest BCUT2D eigenvalue weighted by atomic mass is 10.0. The number of esters is 1. The molecular weight excluding hydrogens is 410 g/mol. The molecule has 0 bridgehead atoms. The lowest BCUT2D eigenvalue weighted by molar-refractivity contribution is -0.145. The van der Waals surface area contributed by atoms with Gasteiger partial charge in [0.05, 0.1) is 13.2 Å². The summed E-state index contributed by atoms with van der Waals surface area (Å²) in [6.07, 6.45) is 17.3. The first kappa shape index (κ1) is 27.0. The molecule has 0 aromatic heterocycles. The van der Waals surface area contributed by atoms with Crippen molar-refractivity contribution in [1.29, 1.82) is 0 Å². The minimum atomic E-state index is -0.0616. The summed E-state index contributed by atoms with van der Waals surface area (Å²) in [5.74, 6) is 6.51. The van der Waals surface area contributed by atoms with Gasteiger partial charge in [0.1, 0.15) is 6.61 Å². The zero-order valence-corrected chi connectivity index (χ0v) is 22.1. The van der Waals surface area contributed by atoms with Gasteiger partial charge in [-0.25, -0.2) is 0 Å². The fourth-order valence-electron chi connectivity index (χ4n) is 6.05. The van der Waals surface area contributed by atoms with Crippen molar-refractivity contribution in [3.63, 3.8) is 0 Å². The summed E-state index contributed by atoms with van der Waals surface area (Å²) >= 11 is 0. The molecule has 0 heterocycles. The van der Waals surface area contributed by atoms with E-state index in [1.165, 1.54) is 38.5 Å². The second kappa shape index (κ2) is 14.7. The molecule has 6 unspecified atom stereocenters. The third-order valence-electron chi connectivity index (χ3n) is 8.84. The minimum absolute atomic E-state index is 0.0616. The van der Waals surface area contributed by atoms with Crippen molar-refractivity contribution in [2.75, 3.05) is 39.5 Å². The normalized spacial score (nSPS) is 29.9. The number of carbonyl (C=O) groups excluding carboxylic acids is 1. The summed E-state index contributed by atoms with van der Waals surface area (Å²) in [7, 11) is 0. The minimum Gasteiger partial charge on any atom is -0.463 e. The van der Waals surface area contributed by atoms with Gasteiger partial charge in [-0.15, -0.1) is 0 Å². The molecule has 6 atom stereocenters. The Kier molecular flexibility index (Phi) is 12.0. The predicted molar refractivity (Wildman–Crippen MR) is 136 cm³/mol. The molecular formula is C29H53NO3. The van der Waals surface area contributed by atoms with Gasteiger partial charge in [0.2, 0.25) is 0 Å². The van der Waals surface area contributed by atoms with Crippen LogP contribution in [0.1, 0.15) is 104 Å². The molecule has 0 aromatic rings. The first-order chi connectivity index (χ1) is 16.1. The number of ether oxygens (including phenoxy) is 2. The quantitative estimate of drug-likeness (QED) is 0.140. The number of likely N-dealkylation sites (N-methyl/N-ethyl adjacent to an activating group) is 1. The van der Waals surface area contributed by atoms with E-state index in [0.717, 1.165) is 68.0 Å². The molecule has 3 aliphatic carbocycles. The molecule has 0 aromatic carbocycles. The molecule has 3 aliphatic rings. The van der Waals surface area contributed by atoms with Crippen LogP contribution in [0.15, 0.2) is 0 Å². The van der Waals surface area contributed by atoms with Gasteiger partial charge in [-0.05, 0) is 87.1 Å². The van der Waals surface area contributed by atoms with Crippen molar-refractivity contribution in [3.05, 3.63) is 0 Å². The van der Waals surface area contributed by atoms with Gasteiger partial charge in [0, 0.05) is 13.0 Å². The third-order valence-corrected chi connectivity index (χ3v) is 8.84. The number of carbonyl (C=O) groups is 1. The third kappa shape index (κ3) is 10.7. The number of nitrogens with zero attached hydrogens (tertiary/aromatic N) is 1. The van der Waals surface area contributed by atoms with Crippen LogP contribution in [0.4, 0.5) is 0 Å². The summed E-state index contributed by atoms with van der Waals surface area (Å²) in [5.41, 5.74) is 0. The number of hydrogen-bond donors (Lipinski definition) is 0. The standard InChI is InChI=1S/C29H53NO3/c1-4-23-18-25(23)20-27-22-28(27)21-26-19-24(26)12-10-8-7-9-11-13-29(31)33-17-16-32-15-14-30(5-2)6-3/h23-28H,4-22H2,1-3H3. The summed E-state index contributed by atoms with van der Waals surface area (Å²) in [5, 5.41) is 0. The summed E-state index contributed by atoms with van der Waals surface area (Å²) in [4.78, 5) is 14.2. The first-order valence-corrected chi connectivity index (χ1v) is 14.6. The monoisotopic (exact) mass is 463 g/mol. The Bertz CT molecular complexity index is 549. The highest BCUT2D eigenvalue weighted by Gasteiger charge is 2.48. The highest BCUT2D eigenvalue weighted by molar-refractivity contribution is 5.69. The fourth-order valence-corrected chi connectivity index (χ4v) is 6.05. The molecule has 0 aliphatic heterocycles. The largest absolute Gasteiger partial charge is 0.463 e. The van der Waals surface area contributed by atoms with E-state index >= 15 is 0 Å². The van der Waals surface area contributed by atoms with Gasteiger partial charge < -0.3 is 14.4 Å². The summed E-state index contributed by atoms with van der Waals surface area (Å²) in [6, 6.07) is 0. The molecule has 3 fully saturated rings. The summed E-state index contributed by atoms with van der Waals surface area (Å²) in [6.45, 7) is 11.4. The van der Waals surface area contributed by atoms with Crippen LogP contribution in [0.25, 0.3) is 0 Å². The Morgan fingerprint density at radius 3 is 2.03 bits per heavy atom. The van der Waals surface area contributed by atoms with Crippen LogP contribution in [-0.4, -0.2) is 50.3 Å². The topological polar surface area (TPSA) is 38.8 Å². The Balaban J connectivity index is 1.03. The SMILES string of the molecule is CCC1CC1CC1CC1CC1CC1CCCCCCCC(=O)OCCOCCN(CC)CC. The van der Waals surface area contributed by atoms with Crippen molar-refractivity contribution in [3.8, 4) is 0 Å². The molecule has 0 saturated heterocycles. The van der Waals surface area contributed by atoms with E-state index in [2.05, 4.69) is 25.7 Å². The van der Waals surface area contributed by atoms with Crippen molar-refractivity contribution in [2.24, 2.45) is 35.5 Å². The Morgan fingerprint density at radius 1 is 0.727 bits per heavy atom. The maximum atomic E-state index is 11.8. The van der Waals surface area contributed by atoms with E-state index in [1.54, 1.807) is 25.7 Å². The van der Waals surface area contributed by atoms with Crippen LogP contribution in [0.5, 0.6) is 0 Å². The molecule has 0 spiro atoms. The van der Waals surface area contributed by atoms with E-state index in [1.807, 2.05) is 0 Å². The van der Waals surface area contributed by atoms with Gasteiger partial charge in [-0.1, -0.05) is 59.3 Å². The van der Waals surface area contributed by atoms with Crippen molar-refractivity contribution in [1.82, 2.24) is 4.90 Å². The molecule has 0 amide bonds. The van der Waals surface area contributed by atoms with Crippen LogP contribution < -0.4 is 0 Å². The van der Waals surface area contributed by atoms with Crippen molar-refractivity contribution >= 4 is 5.97 Å². The molecule has 192 valence electrons. The maximum absolute atomic E-state index is 11.8. The molecule has 3 saturated carbocycles. The number of unbranched alkanes of at least 4 members (excludes halogenated alkanes) is 4. The molecule has 3 rings (SSSR count). The van der Waals surface area contributed by atoms with Crippen LogP contribution in [0.3, 0.4) is 0 Å². The van der Waals surface area contributed by atoms with E-state index in [4.69, 9.17) is 9.47 Å². The predicted octanol–water partition coefficient (Wildman–Crippen LogP) is 6.72. The van der Waals surface area contributed by atoms with Gasteiger partial charge >= 0.3 is 5.97 Å². The smallest absolute Gasteiger partial charge is 0.305 e. The maximum Gasteiger partial charge on any atom is 0.305 e. The van der Waals surface area contributed by atoms with E-state index in [-0.39, 0.29) is 5.97 Å². The Morgan fingerprint density at radius 2 is 1.33 bits per heavy atom. The first-order valence-electron chi connectivity index (χ1n) is 14.6. The van der Waals surface area contributed by atoms with Gasteiger partial charge in [0.25, 0.3) is 0 Å². The van der Waals surface area contributed by atoms with Crippen LogP contribution in [0, 0.1) is 35.5 Å². The average molecular weight is 464 g/mol. The molecule has 33 heavy (non-hydrogen) atoms. The molecule has 0 radical (unpaired) electrons. The second-order valence-corrected chi connectivity index (χ2v) is 11.3. The number of hydrogen-bond acceptors (Lipinski definition) is 4. The second-order valence-electron chi connectivity index (χ2n) is 11.3. The molecule has 4 nitrogen and oxygen atoms in total. The van der Waals surface area contributed by atoms with E-state index < -0.39 is 0 Å². The number of rotatable bonds is 21. The zero-order chi connectivity index (χ0) is 23.5. The fraction of sp³-hybridized carbons (Fsp3) is 0.966. The molecule has 4 heteroatoms. The Hall–Kier alpha value is -0.610. The van der Waals surface area contributed by atoms with Gasteiger partial charge in [-0.2, -0.15) is 0 Å². The Labute approximate surface area is 204 Å². The molecule has 0 N–H and O–H groups in total. The highest BCUT2D eigenvalue weighted by atomic mass is 16.6. The van der Waals surface area contributed by atoms with E-state index in [0.29, 0.717) is 26.2 Å². The lowest BCUT2D eigenvalue weighted by Crippen LogP contribution is -2.27. The van der Waals surface area contributed by atoms with Crippen molar-refractivity contribution in [2.45, 2.75) is 104 Å².